The summed E-state index contributed by atoms with van der Waals surface area (Å²) in [4.78, 5) is 22.5. The average molecular weight is 259 g/mol. The minimum Gasteiger partial charge on any atom is -0.465 e. The van der Waals surface area contributed by atoms with Gasteiger partial charge in [-0.2, -0.15) is 5.26 Å². The monoisotopic (exact) mass is 259 g/mol. The molecule has 1 aromatic rings. The summed E-state index contributed by atoms with van der Waals surface area (Å²) in [5.41, 5.74) is 1.02. The summed E-state index contributed by atoms with van der Waals surface area (Å²) in [6, 6.07) is 8.29. The van der Waals surface area contributed by atoms with Crippen molar-refractivity contribution in [1.29, 1.82) is 5.26 Å². The zero-order chi connectivity index (χ0) is 14.3. The van der Waals surface area contributed by atoms with Crippen molar-refractivity contribution in [3.63, 3.8) is 0 Å². The molecule has 1 aromatic carbocycles. The van der Waals surface area contributed by atoms with Crippen molar-refractivity contribution in [2.75, 3.05) is 19.5 Å². The van der Waals surface area contributed by atoms with Crippen LogP contribution in [0.5, 0.6) is 0 Å². The third-order valence-corrected chi connectivity index (χ3v) is 2.28. The Morgan fingerprint density at radius 1 is 1.32 bits per heavy atom. The number of ether oxygens (including phenoxy) is 1. The van der Waals surface area contributed by atoms with Gasteiger partial charge in [0.1, 0.15) is 6.07 Å². The van der Waals surface area contributed by atoms with E-state index in [2.05, 4.69) is 15.4 Å². The molecule has 0 atom stereocenters. The predicted molar refractivity (Wildman–Crippen MR) is 69.2 cm³/mol. The summed E-state index contributed by atoms with van der Waals surface area (Å²) in [5, 5.41) is 14.0. The molecule has 1 amide bonds. The maximum absolute atomic E-state index is 11.3. The molecular weight excluding hydrogens is 246 g/mol. The molecule has 0 saturated heterocycles. The van der Waals surface area contributed by atoms with Gasteiger partial charge in [-0.1, -0.05) is 0 Å². The van der Waals surface area contributed by atoms with Gasteiger partial charge in [-0.05, 0) is 24.3 Å². The topological polar surface area (TPSA) is 91.2 Å². The highest BCUT2D eigenvalue weighted by molar-refractivity contribution is 5.94. The van der Waals surface area contributed by atoms with Crippen LogP contribution in [0, 0.1) is 11.3 Å². The molecule has 0 aliphatic heterocycles. The number of anilines is 1. The molecule has 2 N–H and O–H groups in total. The van der Waals surface area contributed by atoms with Crippen LogP contribution in [0.2, 0.25) is 0 Å². The van der Waals surface area contributed by atoms with Gasteiger partial charge in [-0.3, -0.25) is 4.79 Å². The number of nitriles is 1. The van der Waals surface area contributed by atoms with Gasteiger partial charge in [0.05, 0.1) is 7.11 Å². The molecule has 19 heavy (non-hydrogen) atoms. The standard InChI is InChI=1S/C13H13N3O3/c1-15-12(17)9-3-5-11(6-4-9)16-8-10(7-14)13(18)19-2/h3-6,8,16H,1-2H3,(H,15,17)/b10-8-. The summed E-state index contributed by atoms with van der Waals surface area (Å²) >= 11 is 0. The highest BCUT2D eigenvalue weighted by Crippen LogP contribution is 2.10. The van der Waals surface area contributed by atoms with Crippen LogP contribution < -0.4 is 10.6 Å². The first-order chi connectivity index (χ1) is 9.12. The van der Waals surface area contributed by atoms with Gasteiger partial charge < -0.3 is 15.4 Å². The van der Waals surface area contributed by atoms with Gasteiger partial charge >= 0.3 is 5.97 Å². The molecule has 6 nitrogen and oxygen atoms in total. The lowest BCUT2D eigenvalue weighted by Gasteiger charge is -2.03. The number of esters is 1. The number of nitrogens with zero attached hydrogens (tertiary/aromatic N) is 1. The lowest BCUT2D eigenvalue weighted by atomic mass is 10.2. The third kappa shape index (κ3) is 3.85. The molecule has 0 bridgehead atoms. The van der Waals surface area contributed by atoms with E-state index >= 15 is 0 Å². The van der Waals surface area contributed by atoms with E-state index in [0.717, 1.165) is 0 Å². The molecule has 0 radical (unpaired) electrons. The van der Waals surface area contributed by atoms with Gasteiger partial charge in [0.2, 0.25) is 0 Å². The number of carbonyl (C=O) groups is 2. The first kappa shape index (κ1) is 14.3. The van der Waals surface area contributed by atoms with E-state index in [1.54, 1.807) is 37.4 Å². The first-order valence-electron chi connectivity index (χ1n) is 5.39. The third-order valence-electron chi connectivity index (χ3n) is 2.28. The quantitative estimate of drug-likeness (QED) is 0.479. The van der Waals surface area contributed by atoms with E-state index in [9.17, 15) is 9.59 Å². The maximum Gasteiger partial charge on any atom is 0.350 e. The molecule has 0 aliphatic rings. The molecule has 0 spiro atoms. The van der Waals surface area contributed by atoms with Crippen molar-refractivity contribution in [1.82, 2.24) is 5.32 Å². The number of hydrogen-bond acceptors (Lipinski definition) is 5. The van der Waals surface area contributed by atoms with Crippen molar-refractivity contribution in [3.05, 3.63) is 41.6 Å². The van der Waals surface area contributed by atoms with Crippen LogP contribution in [0.3, 0.4) is 0 Å². The van der Waals surface area contributed by atoms with E-state index in [-0.39, 0.29) is 11.5 Å². The lowest BCUT2D eigenvalue weighted by molar-refractivity contribution is -0.135. The summed E-state index contributed by atoms with van der Waals surface area (Å²) < 4.78 is 4.43. The van der Waals surface area contributed by atoms with E-state index in [0.29, 0.717) is 11.3 Å². The Morgan fingerprint density at radius 3 is 2.42 bits per heavy atom. The van der Waals surface area contributed by atoms with Gasteiger partial charge in [0.25, 0.3) is 5.91 Å². The fourth-order valence-corrected chi connectivity index (χ4v) is 1.26. The van der Waals surface area contributed by atoms with Crippen LogP contribution in [0.1, 0.15) is 10.4 Å². The smallest absolute Gasteiger partial charge is 0.350 e. The van der Waals surface area contributed by atoms with Crippen LogP contribution in [-0.2, 0) is 9.53 Å². The van der Waals surface area contributed by atoms with E-state index in [1.807, 2.05) is 0 Å². The van der Waals surface area contributed by atoms with Crippen LogP contribution in [0.25, 0.3) is 0 Å². The molecule has 0 saturated carbocycles. The molecule has 0 unspecified atom stereocenters. The van der Waals surface area contributed by atoms with Crippen LogP contribution in [0.4, 0.5) is 5.69 Å². The number of carbonyl (C=O) groups excluding carboxylic acids is 2. The van der Waals surface area contributed by atoms with Crippen molar-refractivity contribution < 1.29 is 14.3 Å². The van der Waals surface area contributed by atoms with Gasteiger partial charge in [-0.15, -0.1) is 0 Å². The maximum atomic E-state index is 11.3. The number of benzene rings is 1. The highest BCUT2D eigenvalue weighted by atomic mass is 16.5. The fraction of sp³-hybridized carbons (Fsp3) is 0.154. The molecule has 1 rings (SSSR count). The van der Waals surface area contributed by atoms with E-state index < -0.39 is 5.97 Å². The van der Waals surface area contributed by atoms with Crippen molar-refractivity contribution in [2.24, 2.45) is 0 Å². The molecule has 98 valence electrons. The van der Waals surface area contributed by atoms with Crippen LogP contribution in [-0.4, -0.2) is 26.0 Å². The minimum absolute atomic E-state index is 0.141. The number of methoxy groups -OCH3 is 1. The van der Waals surface area contributed by atoms with E-state index in [4.69, 9.17) is 5.26 Å². The second-order valence-electron chi connectivity index (χ2n) is 3.46. The predicted octanol–water partition coefficient (Wildman–Crippen LogP) is 1.04. The van der Waals surface area contributed by atoms with Crippen LogP contribution >= 0.6 is 0 Å². The first-order valence-corrected chi connectivity index (χ1v) is 5.39. The molecule has 0 aliphatic carbocycles. The second-order valence-corrected chi connectivity index (χ2v) is 3.46. The van der Waals surface area contributed by atoms with E-state index in [1.165, 1.54) is 13.3 Å². The second kappa shape index (κ2) is 6.81. The van der Waals surface area contributed by atoms with Crippen molar-refractivity contribution in [3.8, 4) is 6.07 Å². The number of amides is 1. The Kier molecular flexibility index (Phi) is 5.11. The van der Waals surface area contributed by atoms with Gasteiger partial charge in [0.15, 0.2) is 5.57 Å². The zero-order valence-electron chi connectivity index (χ0n) is 10.6. The Labute approximate surface area is 110 Å². The van der Waals surface area contributed by atoms with Crippen LogP contribution in [0.15, 0.2) is 36.0 Å². The Morgan fingerprint density at radius 2 is 1.95 bits per heavy atom. The molecular formula is C13H13N3O3. The SMILES string of the molecule is CNC(=O)c1ccc(N/C=C(/C#N)C(=O)OC)cc1. The number of rotatable bonds is 4. The molecule has 0 heterocycles. The fourth-order valence-electron chi connectivity index (χ4n) is 1.26. The molecule has 0 aromatic heterocycles. The summed E-state index contributed by atoms with van der Waals surface area (Å²) in [6.45, 7) is 0. The minimum atomic E-state index is -0.711. The Balaban J connectivity index is 2.79. The number of nitrogens with one attached hydrogen (secondary N) is 2. The summed E-state index contributed by atoms with van der Waals surface area (Å²) in [5.74, 6) is -0.897. The number of hydrogen-bond donors (Lipinski definition) is 2. The Bertz CT molecular complexity index is 541. The zero-order valence-corrected chi connectivity index (χ0v) is 10.6. The normalized spacial score (nSPS) is 10.3. The average Bonchev–Trinajstić information content (AvgIpc) is 2.47. The molecule has 0 fully saturated rings. The molecule has 6 heteroatoms. The lowest BCUT2D eigenvalue weighted by Crippen LogP contribution is -2.17. The van der Waals surface area contributed by atoms with Gasteiger partial charge in [0, 0.05) is 24.5 Å². The largest absolute Gasteiger partial charge is 0.465 e. The highest BCUT2D eigenvalue weighted by Gasteiger charge is 2.08. The Hall–Kier alpha value is -2.81. The van der Waals surface area contributed by atoms with Crippen molar-refractivity contribution >= 4 is 17.6 Å². The summed E-state index contributed by atoms with van der Waals surface area (Å²) in [7, 11) is 2.75. The van der Waals surface area contributed by atoms with Gasteiger partial charge in [-0.25, -0.2) is 4.79 Å². The van der Waals surface area contributed by atoms with Crippen molar-refractivity contribution in [2.45, 2.75) is 0 Å². The summed E-state index contributed by atoms with van der Waals surface area (Å²) in [6.07, 6.45) is 1.25.